The van der Waals surface area contributed by atoms with Crippen LogP contribution in [0.25, 0.3) is 0 Å². The second-order valence-corrected chi connectivity index (χ2v) is 7.21. The summed E-state index contributed by atoms with van der Waals surface area (Å²) in [5, 5.41) is 2.68. The van der Waals surface area contributed by atoms with Gasteiger partial charge in [0.1, 0.15) is 23.7 Å². The predicted molar refractivity (Wildman–Crippen MR) is 108 cm³/mol. The summed E-state index contributed by atoms with van der Waals surface area (Å²) >= 11 is 0. The lowest BCUT2D eigenvalue weighted by Gasteiger charge is -2.25. The molecule has 2 aromatic rings. The minimum absolute atomic E-state index is 0.187. The lowest BCUT2D eigenvalue weighted by Crippen LogP contribution is -2.44. The van der Waals surface area contributed by atoms with Crippen molar-refractivity contribution in [2.24, 2.45) is 0 Å². The highest BCUT2D eigenvalue weighted by Gasteiger charge is 2.49. The van der Waals surface area contributed by atoms with Gasteiger partial charge in [-0.15, -0.1) is 0 Å². The van der Waals surface area contributed by atoms with E-state index >= 15 is 0 Å². The van der Waals surface area contributed by atoms with Crippen LogP contribution in [0.4, 0.5) is 9.18 Å². The molecular weight excluding hydrogens is 389 g/mol. The summed E-state index contributed by atoms with van der Waals surface area (Å²) < 4.78 is 18.6. The Morgan fingerprint density at radius 3 is 2.50 bits per heavy atom. The molecule has 0 unspecified atom stereocenters. The zero-order valence-electron chi connectivity index (χ0n) is 17.1. The molecule has 0 radical (unpaired) electrons. The van der Waals surface area contributed by atoms with Crippen molar-refractivity contribution < 1.29 is 23.5 Å². The Hall–Kier alpha value is -3.42. The minimum Gasteiger partial charge on any atom is -0.497 e. The molecule has 2 aromatic carbocycles. The molecule has 1 atom stereocenters. The molecule has 158 valence electrons. The number of halogens is 1. The molecular formula is C22H24FN3O4. The number of urea groups is 1. The maximum Gasteiger partial charge on any atom is 0.325 e. The molecule has 1 aliphatic rings. The molecule has 1 heterocycles. The van der Waals surface area contributed by atoms with Crippen molar-refractivity contribution in [1.82, 2.24) is 15.1 Å². The highest BCUT2D eigenvalue weighted by atomic mass is 19.1. The van der Waals surface area contributed by atoms with E-state index in [1.165, 1.54) is 24.1 Å². The number of amides is 4. The molecule has 0 bridgehead atoms. The van der Waals surface area contributed by atoms with Crippen molar-refractivity contribution in [3.63, 3.8) is 0 Å². The Kier molecular flexibility index (Phi) is 6.05. The van der Waals surface area contributed by atoms with Crippen molar-refractivity contribution >= 4 is 17.8 Å². The van der Waals surface area contributed by atoms with E-state index in [4.69, 9.17) is 4.74 Å². The van der Waals surface area contributed by atoms with Gasteiger partial charge in [-0.05, 0) is 49.2 Å². The Bertz CT molecular complexity index is 963. The Balaban J connectivity index is 1.74. The third-order valence-corrected chi connectivity index (χ3v) is 5.23. The van der Waals surface area contributed by atoms with Crippen LogP contribution in [-0.2, 0) is 21.7 Å². The number of likely N-dealkylation sites (N-methyl/N-ethyl adjacent to an activating group) is 1. The summed E-state index contributed by atoms with van der Waals surface area (Å²) in [5.74, 6) is -0.667. The van der Waals surface area contributed by atoms with Crippen LogP contribution < -0.4 is 10.1 Å². The van der Waals surface area contributed by atoms with Crippen molar-refractivity contribution in [1.29, 1.82) is 0 Å². The molecule has 4 amide bonds. The second kappa shape index (κ2) is 8.52. The number of ether oxygens (including phenoxy) is 1. The molecule has 0 saturated carbocycles. The van der Waals surface area contributed by atoms with Gasteiger partial charge in [-0.2, -0.15) is 0 Å². The standard InChI is InChI=1S/C22H24FN3O4/c1-4-25(13-15-6-5-7-17(23)12-15)19(27)14-26-20(28)22(2,24-21(26)29)16-8-10-18(30-3)11-9-16/h5-12H,4,13-14H2,1-3H3,(H,24,29)/t22-/m1/s1. The Morgan fingerprint density at radius 2 is 1.90 bits per heavy atom. The number of methoxy groups -OCH3 is 1. The quantitative estimate of drug-likeness (QED) is 0.708. The number of carbonyl (C=O) groups is 3. The van der Waals surface area contributed by atoms with Crippen molar-refractivity contribution in [2.75, 3.05) is 20.2 Å². The van der Waals surface area contributed by atoms with Crippen LogP contribution in [0.5, 0.6) is 5.75 Å². The van der Waals surface area contributed by atoms with E-state index in [0.717, 1.165) is 4.90 Å². The minimum atomic E-state index is -1.27. The Morgan fingerprint density at radius 1 is 1.20 bits per heavy atom. The van der Waals surface area contributed by atoms with Gasteiger partial charge in [-0.3, -0.25) is 14.5 Å². The van der Waals surface area contributed by atoms with E-state index < -0.39 is 23.4 Å². The van der Waals surface area contributed by atoms with Crippen LogP contribution in [-0.4, -0.2) is 47.8 Å². The summed E-state index contributed by atoms with van der Waals surface area (Å²) in [5.41, 5.74) is -0.0577. The monoisotopic (exact) mass is 413 g/mol. The highest BCUT2D eigenvalue weighted by molar-refractivity contribution is 6.09. The molecule has 1 fully saturated rings. The maximum absolute atomic E-state index is 13.4. The van der Waals surface area contributed by atoms with Gasteiger partial charge in [0.2, 0.25) is 5.91 Å². The van der Waals surface area contributed by atoms with Gasteiger partial charge in [0, 0.05) is 13.1 Å². The van der Waals surface area contributed by atoms with Gasteiger partial charge >= 0.3 is 6.03 Å². The van der Waals surface area contributed by atoms with Crippen molar-refractivity contribution in [3.05, 3.63) is 65.5 Å². The van der Waals surface area contributed by atoms with Crippen LogP contribution in [0.1, 0.15) is 25.0 Å². The summed E-state index contributed by atoms with van der Waals surface area (Å²) in [6.07, 6.45) is 0. The van der Waals surface area contributed by atoms with Gasteiger partial charge in [0.05, 0.1) is 7.11 Å². The SMILES string of the molecule is CCN(Cc1cccc(F)c1)C(=O)CN1C(=O)N[C@](C)(c2ccc(OC)cc2)C1=O. The first-order chi connectivity index (χ1) is 14.3. The van der Waals surface area contributed by atoms with Gasteiger partial charge < -0.3 is 15.0 Å². The van der Waals surface area contributed by atoms with Gasteiger partial charge in [-0.25, -0.2) is 9.18 Å². The summed E-state index contributed by atoms with van der Waals surface area (Å²) in [6, 6.07) is 12.1. The average Bonchev–Trinajstić information content (AvgIpc) is 2.96. The van der Waals surface area contributed by atoms with Gasteiger partial charge in [0.25, 0.3) is 5.91 Å². The Labute approximate surface area is 174 Å². The summed E-state index contributed by atoms with van der Waals surface area (Å²) in [4.78, 5) is 40.7. The number of nitrogens with one attached hydrogen (secondary N) is 1. The third kappa shape index (κ3) is 4.12. The molecule has 30 heavy (non-hydrogen) atoms. The molecule has 1 N–H and O–H groups in total. The summed E-state index contributed by atoms with van der Waals surface area (Å²) in [6.45, 7) is 3.54. The van der Waals surface area contributed by atoms with Crippen LogP contribution in [0.2, 0.25) is 0 Å². The fourth-order valence-electron chi connectivity index (χ4n) is 3.43. The summed E-state index contributed by atoms with van der Waals surface area (Å²) in [7, 11) is 1.54. The lowest BCUT2D eigenvalue weighted by atomic mass is 9.92. The first kappa shape index (κ1) is 21.3. The zero-order chi connectivity index (χ0) is 21.9. The normalized spacial score (nSPS) is 18.3. The number of nitrogens with zero attached hydrogens (tertiary/aromatic N) is 2. The number of carbonyl (C=O) groups excluding carboxylic acids is 3. The van der Waals surface area contributed by atoms with Crippen LogP contribution in [0, 0.1) is 5.82 Å². The van der Waals surface area contributed by atoms with Gasteiger partial charge in [-0.1, -0.05) is 24.3 Å². The zero-order valence-corrected chi connectivity index (χ0v) is 17.1. The predicted octanol–water partition coefficient (Wildman–Crippen LogP) is 2.65. The number of hydrogen-bond donors (Lipinski definition) is 1. The fraction of sp³-hybridized carbons (Fsp3) is 0.318. The largest absolute Gasteiger partial charge is 0.497 e. The topological polar surface area (TPSA) is 79.0 Å². The molecule has 0 spiro atoms. The molecule has 7 nitrogen and oxygen atoms in total. The molecule has 0 aliphatic carbocycles. The van der Waals surface area contributed by atoms with E-state index in [1.54, 1.807) is 50.2 Å². The van der Waals surface area contributed by atoms with E-state index in [2.05, 4.69) is 5.32 Å². The molecule has 8 heteroatoms. The molecule has 0 aromatic heterocycles. The smallest absolute Gasteiger partial charge is 0.325 e. The second-order valence-electron chi connectivity index (χ2n) is 7.21. The number of imide groups is 1. The van der Waals surface area contributed by atoms with E-state index in [1.807, 2.05) is 0 Å². The lowest BCUT2D eigenvalue weighted by molar-refractivity contribution is -0.139. The highest BCUT2D eigenvalue weighted by Crippen LogP contribution is 2.30. The van der Waals surface area contributed by atoms with Gasteiger partial charge in [0.15, 0.2) is 0 Å². The van der Waals surface area contributed by atoms with Crippen molar-refractivity contribution in [2.45, 2.75) is 25.9 Å². The van der Waals surface area contributed by atoms with E-state index in [-0.39, 0.29) is 18.9 Å². The number of hydrogen-bond acceptors (Lipinski definition) is 4. The first-order valence-corrected chi connectivity index (χ1v) is 9.59. The average molecular weight is 413 g/mol. The van der Waals surface area contributed by atoms with Crippen LogP contribution in [0.15, 0.2) is 48.5 Å². The van der Waals surface area contributed by atoms with Crippen LogP contribution >= 0.6 is 0 Å². The van der Waals surface area contributed by atoms with Crippen molar-refractivity contribution in [3.8, 4) is 5.75 Å². The van der Waals surface area contributed by atoms with E-state index in [9.17, 15) is 18.8 Å². The number of rotatable bonds is 7. The van der Waals surface area contributed by atoms with Crippen LogP contribution in [0.3, 0.4) is 0 Å². The third-order valence-electron chi connectivity index (χ3n) is 5.23. The molecule has 1 aliphatic heterocycles. The molecule has 1 saturated heterocycles. The molecule has 3 rings (SSSR count). The number of benzene rings is 2. The first-order valence-electron chi connectivity index (χ1n) is 9.59. The fourth-order valence-corrected chi connectivity index (χ4v) is 3.43. The maximum atomic E-state index is 13.4. The van der Waals surface area contributed by atoms with E-state index in [0.29, 0.717) is 23.4 Å².